The Hall–Kier alpha value is -2.34. The summed E-state index contributed by atoms with van der Waals surface area (Å²) in [6.45, 7) is 8.09. The van der Waals surface area contributed by atoms with Gasteiger partial charge in [-0.3, -0.25) is 9.69 Å². The van der Waals surface area contributed by atoms with E-state index in [0.29, 0.717) is 19.6 Å². The molecule has 1 saturated heterocycles. The van der Waals surface area contributed by atoms with Crippen molar-refractivity contribution in [1.82, 2.24) is 9.80 Å². The van der Waals surface area contributed by atoms with E-state index in [1.54, 1.807) is 0 Å². The van der Waals surface area contributed by atoms with E-state index in [2.05, 4.69) is 36.1 Å². The van der Waals surface area contributed by atoms with Gasteiger partial charge in [-0.05, 0) is 74.7 Å². The van der Waals surface area contributed by atoms with Gasteiger partial charge in [-0.25, -0.2) is 0 Å². The highest BCUT2D eigenvalue weighted by molar-refractivity contribution is 7.11. The van der Waals surface area contributed by atoms with Crippen LogP contribution in [-0.2, 0) is 17.9 Å². The molecule has 4 nitrogen and oxygen atoms in total. The van der Waals surface area contributed by atoms with Gasteiger partial charge in [0.2, 0.25) is 5.91 Å². The van der Waals surface area contributed by atoms with Gasteiger partial charge in [-0.15, -0.1) is 11.3 Å². The fourth-order valence-electron chi connectivity index (χ4n) is 4.89. The van der Waals surface area contributed by atoms with Crippen LogP contribution in [0.5, 0.6) is 5.75 Å². The van der Waals surface area contributed by atoms with Gasteiger partial charge >= 0.3 is 0 Å². The molecule has 1 atom stereocenters. The SMILES string of the molecule is Cc1ccc(CN2CCC[C@@](COc3ccc(Cl)c(C)c3)(CC(=O)N(C)Cc3ccccc3)C2)s1. The van der Waals surface area contributed by atoms with Crippen LogP contribution in [0.1, 0.15) is 40.1 Å². The van der Waals surface area contributed by atoms with Gasteiger partial charge in [0.05, 0.1) is 6.61 Å². The van der Waals surface area contributed by atoms with Gasteiger partial charge in [0.15, 0.2) is 0 Å². The molecule has 6 heteroatoms. The van der Waals surface area contributed by atoms with Crippen molar-refractivity contribution in [2.45, 2.75) is 46.2 Å². The maximum absolute atomic E-state index is 13.4. The molecule has 1 amide bonds. The van der Waals surface area contributed by atoms with E-state index in [-0.39, 0.29) is 11.3 Å². The summed E-state index contributed by atoms with van der Waals surface area (Å²) < 4.78 is 6.33. The average Bonchev–Trinajstić information content (AvgIpc) is 3.25. The molecule has 1 fully saturated rings. The number of hydrogen-bond donors (Lipinski definition) is 0. The van der Waals surface area contributed by atoms with Crippen LogP contribution >= 0.6 is 22.9 Å². The van der Waals surface area contributed by atoms with Crippen molar-refractivity contribution in [3.8, 4) is 5.75 Å². The molecular formula is C29H35ClN2O2S. The molecule has 3 aromatic rings. The van der Waals surface area contributed by atoms with Crippen LogP contribution in [0.4, 0.5) is 0 Å². The Labute approximate surface area is 218 Å². The standard InChI is InChI=1S/C29H35ClN2O2S/c1-22-16-25(11-13-27(22)30)34-21-29(17-28(33)31(3)18-24-8-5-4-6-9-24)14-7-15-32(20-29)19-26-12-10-23(2)35-26/h4-6,8-13,16H,7,14-15,17-21H2,1-3H3/t29-/m1/s1. The van der Waals surface area contributed by atoms with E-state index in [0.717, 1.165) is 54.4 Å². The van der Waals surface area contributed by atoms with Crippen LogP contribution in [0.15, 0.2) is 60.7 Å². The van der Waals surface area contributed by atoms with E-state index >= 15 is 0 Å². The highest BCUT2D eigenvalue weighted by Gasteiger charge is 2.39. The van der Waals surface area contributed by atoms with E-state index in [4.69, 9.17) is 16.3 Å². The lowest BCUT2D eigenvalue weighted by atomic mass is 9.77. The van der Waals surface area contributed by atoms with Gasteiger partial charge in [-0.2, -0.15) is 0 Å². The molecule has 2 aromatic carbocycles. The number of aryl methyl sites for hydroxylation is 2. The number of piperidine rings is 1. The zero-order chi connectivity index (χ0) is 24.8. The van der Waals surface area contributed by atoms with E-state index in [1.807, 2.05) is 66.6 Å². The van der Waals surface area contributed by atoms with Crippen molar-refractivity contribution in [1.29, 1.82) is 0 Å². The summed E-state index contributed by atoms with van der Waals surface area (Å²) in [5.74, 6) is 0.973. The number of rotatable bonds is 9. The fraction of sp³-hybridized carbons (Fsp3) is 0.414. The molecule has 0 unspecified atom stereocenters. The van der Waals surface area contributed by atoms with Crippen molar-refractivity contribution in [3.05, 3.63) is 86.6 Å². The van der Waals surface area contributed by atoms with Gasteiger partial charge in [0, 0.05) is 53.3 Å². The second kappa shape index (κ2) is 11.6. The summed E-state index contributed by atoms with van der Waals surface area (Å²) >= 11 is 8.07. The summed E-state index contributed by atoms with van der Waals surface area (Å²) in [6.07, 6.45) is 2.51. The number of thiophene rings is 1. The molecule has 0 radical (unpaired) electrons. The Morgan fingerprint density at radius 1 is 1.14 bits per heavy atom. The maximum Gasteiger partial charge on any atom is 0.223 e. The summed E-state index contributed by atoms with van der Waals surface area (Å²) in [5, 5.41) is 0.736. The number of ether oxygens (including phenoxy) is 1. The Balaban J connectivity index is 1.49. The Bertz CT molecular complexity index is 1130. The number of halogens is 1. The normalized spacial score (nSPS) is 18.4. The molecule has 2 heterocycles. The van der Waals surface area contributed by atoms with E-state index in [1.165, 1.54) is 9.75 Å². The molecule has 0 spiro atoms. The molecule has 1 aromatic heterocycles. The van der Waals surface area contributed by atoms with Crippen LogP contribution < -0.4 is 4.74 Å². The zero-order valence-electron chi connectivity index (χ0n) is 20.9. The number of hydrogen-bond acceptors (Lipinski definition) is 4. The van der Waals surface area contributed by atoms with Crippen LogP contribution in [0.25, 0.3) is 0 Å². The highest BCUT2D eigenvalue weighted by atomic mass is 35.5. The first-order valence-electron chi connectivity index (χ1n) is 12.3. The highest BCUT2D eigenvalue weighted by Crippen LogP contribution is 2.36. The van der Waals surface area contributed by atoms with Crippen molar-refractivity contribution in [2.75, 3.05) is 26.7 Å². The predicted molar refractivity (Wildman–Crippen MR) is 145 cm³/mol. The Kier molecular flexibility index (Phi) is 8.53. The first kappa shape index (κ1) is 25.7. The Morgan fingerprint density at radius 2 is 1.94 bits per heavy atom. The molecule has 0 bridgehead atoms. The zero-order valence-corrected chi connectivity index (χ0v) is 22.5. The van der Waals surface area contributed by atoms with E-state index in [9.17, 15) is 4.79 Å². The number of amides is 1. The molecular weight excluding hydrogens is 476 g/mol. The first-order valence-corrected chi connectivity index (χ1v) is 13.5. The summed E-state index contributed by atoms with van der Waals surface area (Å²) in [6, 6.07) is 20.4. The minimum Gasteiger partial charge on any atom is -0.493 e. The third-order valence-electron chi connectivity index (χ3n) is 6.80. The van der Waals surface area contributed by atoms with Crippen molar-refractivity contribution in [2.24, 2.45) is 5.41 Å². The fourth-order valence-corrected chi connectivity index (χ4v) is 5.94. The molecule has 0 aliphatic carbocycles. The second-order valence-electron chi connectivity index (χ2n) is 9.94. The minimum absolute atomic E-state index is 0.165. The number of carbonyl (C=O) groups excluding carboxylic acids is 1. The van der Waals surface area contributed by atoms with Gasteiger partial charge in [-0.1, -0.05) is 41.9 Å². The summed E-state index contributed by atoms with van der Waals surface area (Å²) in [5.41, 5.74) is 1.90. The van der Waals surface area contributed by atoms with Crippen molar-refractivity contribution < 1.29 is 9.53 Å². The van der Waals surface area contributed by atoms with Crippen LogP contribution in [0.2, 0.25) is 5.02 Å². The van der Waals surface area contributed by atoms with Crippen LogP contribution in [0.3, 0.4) is 0 Å². The molecule has 35 heavy (non-hydrogen) atoms. The molecule has 0 saturated carbocycles. The number of benzene rings is 2. The van der Waals surface area contributed by atoms with Gasteiger partial charge in [0.1, 0.15) is 5.75 Å². The molecule has 1 aliphatic heterocycles. The average molecular weight is 511 g/mol. The van der Waals surface area contributed by atoms with Crippen LogP contribution in [0, 0.1) is 19.3 Å². The minimum atomic E-state index is -0.236. The molecule has 186 valence electrons. The number of likely N-dealkylation sites (tertiary alicyclic amines) is 1. The van der Waals surface area contributed by atoms with Crippen LogP contribution in [-0.4, -0.2) is 42.5 Å². The predicted octanol–water partition coefficient (Wildman–Crippen LogP) is 6.73. The molecule has 0 N–H and O–H groups in total. The second-order valence-corrected chi connectivity index (χ2v) is 11.7. The lowest BCUT2D eigenvalue weighted by molar-refractivity contribution is -0.135. The number of nitrogens with zero attached hydrogens (tertiary/aromatic N) is 2. The maximum atomic E-state index is 13.4. The third-order valence-corrected chi connectivity index (χ3v) is 8.21. The summed E-state index contributed by atoms with van der Waals surface area (Å²) in [7, 11) is 1.90. The van der Waals surface area contributed by atoms with E-state index < -0.39 is 0 Å². The van der Waals surface area contributed by atoms with Gasteiger partial charge in [0.25, 0.3) is 0 Å². The van der Waals surface area contributed by atoms with Gasteiger partial charge < -0.3 is 9.64 Å². The van der Waals surface area contributed by atoms with Crippen molar-refractivity contribution >= 4 is 28.8 Å². The number of carbonyl (C=O) groups is 1. The van der Waals surface area contributed by atoms with Crippen molar-refractivity contribution in [3.63, 3.8) is 0 Å². The topological polar surface area (TPSA) is 32.8 Å². The largest absolute Gasteiger partial charge is 0.493 e. The summed E-state index contributed by atoms with van der Waals surface area (Å²) in [4.78, 5) is 20.5. The first-order chi connectivity index (χ1) is 16.8. The molecule has 1 aliphatic rings. The quantitative estimate of drug-likeness (QED) is 0.320. The lowest BCUT2D eigenvalue weighted by Crippen LogP contribution is -2.48. The smallest absolute Gasteiger partial charge is 0.223 e. The lowest BCUT2D eigenvalue weighted by Gasteiger charge is -2.43. The monoisotopic (exact) mass is 510 g/mol. The third kappa shape index (κ3) is 7.09. The Morgan fingerprint density at radius 3 is 2.66 bits per heavy atom. The molecule has 4 rings (SSSR count).